The minimum absolute atomic E-state index is 0.207. The highest BCUT2D eigenvalue weighted by Gasteiger charge is 2.22. The van der Waals surface area contributed by atoms with Crippen molar-refractivity contribution in [1.29, 1.82) is 0 Å². The topological polar surface area (TPSA) is 65.7 Å². The fourth-order valence-corrected chi connectivity index (χ4v) is 2.16. The zero-order chi connectivity index (χ0) is 13.7. The molecule has 0 aliphatic carbocycles. The molecule has 2 rings (SSSR count). The average Bonchev–Trinajstić information content (AvgIpc) is 2.49. The largest absolute Gasteiger partial charge is 0.497 e. The Morgan fingerprint density at radius 2 is 2.16 bits per heavy atom. The third-order valence-corrected chi connectivity index (χ3v) is 3.17. The first-order chi connectivity index (χ1) is 9.30. The van der Waals surface area contributed by atoms with Crippen LogP contribution in [0.15, 0.2) is 30.0 Å². The highest BCUT2D eigenvalue weighted by molar-refractivity contribution is 5.44. The van der Waals surface area contributed by atoms with Crippen molar-refractivity contribution in [3.8, 4) is 11.5 Å². The van der Waals surface area contributed by atoms with Gasteiger partial charge in [-0.05, 0) is 31.1 Å². The van der Waals surface area contributed by atoms with Gasteiger partial charge in [-0.25, -0.2) is 5.43 Å². The summed E-state index contributed by atoms with van der Waals surface area (Å²) in [6, 6.07) is 5.44. The smallest absolute Gasteiger partial charge is 0.127 e. The molecule has 0 aromatic heterocycles. The molecule has 0 saturated carbocycles. The molecule has 0 radical (unpaired) electrons. The van der Waals surface area contributed by atoms with Gasteiger partial charge in [-0.2, -0.15) is 0 Å². The molecule has 19 heavy (non-hydrogen) atoms. The molecule has 1 aliphatic rings. The predicted molar refractivity (Wildman–Crippen MR) is 72.9 cm³/mol. The Hall–Kier alpha value is -1.72. The second-order valence-corrected chi connectivity index (χ2v) is 4.30. The summed E-state index contributed by atoms with van der Waals surface area (Å²) >= 11 is 0. The van der Waals surface area contributed by atoms with Crippen LogP contribution in [0.3, 0.4) is 0 Å². The van der Waals surface area contributed by atoms with E-state index in [-0.39, 0.29) is 6.04 Å². The van der Waals surface area contributed by atoms with Gasteiger partial charge in [0.15, 0.2) is 0 Å². The Morgan fingerprint density at radius 3 is 2.74 bits per heavy atom. The molecule has 0 saturated heterocycles. The maximum Gasteiger partial charge on any atom is 0.127 e. The Morgan fingerprint density at radius 1 is 1.32 bits per heavy atom. The van der Waals surface area contributed by atoms with Gasteiger partial charge in [0.05, 0.1) is 20.8 Å². The predicted octanol–water partition coefficient (Wildman–Crippen LogP) is 1.90. The van der Waals surface area contributed by atoms with Crippen LogP contribution < -0.4 is 20.7 Å². The third kappa shape index (κ3) is 3.00. The lowest BCUT2D eigenvalue weighted by atomic mass is 10.0. The number of benzene rings is 1. The van der Waals surface area contributed by atoms with Gasteiger partial charge in [0, 0.05) is 11.6 Å². The molecule has 0 amide bonds. The van der Waals surface area contributed by atoms with Gasteiger partial charge < -0.3 is 14.2 Å². The van der Waals surface area contributed by atoms with E-state index in [4.69, 9.17) is 20.1 Å². The van der Waals surface area contributed by atoms with E-state index in [1.54, 1.807) is 14.2 Å². The zero-order valence-electron chi connectivity index (χ0n) is 11.3. The van der Waals surface area contributed by atoms with E-state index in [0.717, 1.165) is 42.3 Å². The summed E-state index contributed by atoms with van der Waals surface area (Å²) < 4.78 is 16.3. The van der Waals surface area contributed by atoms with Crippen molar-refractivity contribution in [3.05, 3.63) is 35.6 Å². The van der Waals surface area contributed by atoms with Gasteiger partial charge in [0.1, 0.15) is 23.3 Å². The molecule has 1 atom stereocenters. The first-order valence-corrected chi connectivity index (χ1v) is 6.31. The summed E-state index contributed by atoms with van der Waals surface area (Å²) in [6.07, 6.45) is 4.12. The van der Waals surface area contributed by atoms with Crippen molar-refractivity contribution in [2.45, 2.75) is 18.9 Å². The Kier molecular flexibility index (Phi) is 4.65. The molecule has 0 bridgehead atoms. The molecule has 1 heterocycles. The van der Waals surface area contributed by atoms with Crippen LogP contribution in [0.4, 0.5) is 0 Å². The summed E-state index contributed by atoms with van der Waals surface area (Å²) in [6.45, 7) is 0.725. The van der Waals surface area contributed by atoms with Crippen molar-refractivity contribution >= 4 is 0 Å². The lowest BCUT2D eigenvalue weighted by Gasteiger charge is -2.25. The van der Waals surface area contributed by atoms with E-state index >= 15 is 0 Å². The van der Waals surface area contributed by atoms with Crippen LogP contribution >= 0.6 is 0 Å². The maximum atomic E-state index is 5.67. The molecule has 0 fully saturated rings. The number of ether oxygens (including phenoxy) is 3. The maximum absolute atomic E-state index is 5.67. The van der Waals surface area contributed by atoms with Crippen molar-refractivity contribution < 1.29 is 14.2 Å². The molecule has 5 nitrogen and oxygen atoms in total. The number of nitrogens with two attached hydrogens (primary N) is 1. The van der Waals surface area contributed by atoms with E-state index in [2.05, 4.69) is 11.5 Å². The van der Waals surface area contributed by atoms with E-state index in [1.165, 1.54) is 0 Å². The van der Waals surface area contributed by atoms with Crippen molar-refractivity contribution in [3.63, 3.8) is 0 Å². The summed E-state index contributed by atoms with van der Waals surface area (Å²) in [5.74, 6) is 7.98. The lowest BCUT2D eigenvalue weighted by Crippen LogP contribution is -2.31. The molecule has 1 aromatic rings. The van der Waals surface area contributed by atoms with Gasteiger partial charge in [0.2, 0.25) is 0 Å². The normalized spacial score (nSPS) is 16.3. The van der Waals surface area contributed by atoms with Crippen LogP contribution in [0.2, 0.25) is 0 Å². The van der Waals surface area contributed by atoms with Gasteiger partial charge in [-0.15, -0.1) is 0 Å². The molecule has 0 spiro atoms. The summed E-state index contributed by atoms with van der Waals surface area (Å²) in [4.78, 5) is 0. The molecule has 1 aliphatic heterocycles. The first-order valence-electron chi connectivity index (χ1n) is 6.31. The van der Waals surface area contributed by atoms with Gasteiger partial charge in [0.25, 0.3) is 0 Å². The molecule has 5 heteroatoms. The monoisotopic (exact) mass is 264 g/mol. The van der Waals surface area contributed by atoms with Crippen LogP contribution in [-0.2, 0) is 4.74 Å². The minimum atomic E-state index is -0.207. The van der Waals surface area contributed by atoms with E-state index in [0.29, 0.717) is 0 Å². The van der Waals surface area contributed by atoms with Crippen molar-refractivity contribution in [2.75, 3.05) is 20.8 Å². The van der Waals surface area contributed by atoms with E-state index in [9.17, 15) is 0 Å². The molecule has 1 unspecified atom stereocenters. The third-order valence-electron chi connectivity index (χ3n) is 3.17. The van der Waals surface area contributed by atoms with Gasteiger partial charge >= 0.3 is 0 Å². The number of hydrogen-bond acceptors (Lipinski definition) is 5. The summed E-state index contributed by atoms with van der Waals surface area (Å²) in [7, 11) is 3.25. The Balaban J connectivity index is 2.34. The van der Waals surface area contributed by atoms with E-state index < -0.39 is 0 Å². The summed E-state index contributed by atoms with van der Waals surface area (Å²) in [5.41, 5.74) is 3.72. The van der Waals surface area contributed by atoms with Crippen LogP contribution in [0.5, 0.6) is 11.5 Å². The number of hydrazine groups is 1. The highest BCUT2D eigenvalue weighted by Crippen LogP contribution is 2.34. The standard InChI is InChI=1S/C14H20N2O3/c1-17-10-6-7-11(13(9-10)18-2)14(16-15)12-5-3-4-8-19-12/h5-7,9,14,16H,3-4,8,15H2,1-2H3. The summed E-state index contributed by atoms with van der Waals surface area (Å²) in [5, 5.41) is 0. The minimum Gasteiger partial charge on any atom is -0.497 e. The zero-order valence-corrected chi connectivity index (χ0v) is 11.3. The molecular weight excluding hydrogens is 244 g/mol. The second kappa shape index (κ2) is 6.45. The van der Waals surface area contributed by atoms with Crippen molar-refractivity contribution in [2.24, 2.45) is 5.84 Å². The van der Waals surface area contributed by atoms with Crippen LogP contribution in [0.1, 0.15) is 24.4 Å². The second-order valence-electron chi connectivity index (χ2n) is 4.30. The van der Waals surface area contributed by atoms with Gasteiger partial charge in [-0.3, -0.25) is 5.84 Å². The number of rotatable bonds is 5. The first kappa shape index (κ1) is 13.7. The molecule has 104 valence electrons. The number of nitrogens with one attached hydrogen (secondary N) is 1. The number of allylic oxidation sites excluding steroid dienone is 1. The lowest BCUT2D eigenvalue weighted by molar-refractivity contribution is 0.167. The quantitative estimate of drug-likeness (QED) is 0.628. The van der Waals surface area contributed by atoms with Crippen LogP contribution in [0, 0.1) is 0 Å². The number of hydrogen-bond donors (Lipinski definition) is 2. The van der Waals surface area contributed by atoms with Crippen molar-refractivity contribution in [1.82, 2.24) is 5.43 Å². The molecular formula is C14H20N2O3. The number of methoxy groups -OCH3 is 2. The van der Waals surface area contributed by atoms with Gasteiger partial charge in [-0.1, -0.05) is 0 Å². The van der Waals surface area contributed by atoms with Crippen LogP contribution in [-0.4, -0.2) is 20.8 Å². The molecule has 1 aromatic carbocycles. The Labute approximate surface area is 113 Å². The van der Waals surface area contributed by atoms with E-state index in [1.807, 2.05) is 18.2 Å². The van der Waals surface area contributed by atoms with Crippen LogP contribution in [0.25, 0.3) is 0 Å². The fraction of sp³-hybridized carbons (Fsp3) is 0.429. The average molecular weight is 264 g/mol. The molecule has 3 N–H and O–H groups in total. The highest BCUT2D eigenvalue weighted by atomic mass is 16.5. The fourth-order valence-electron chi connectivity index (χ4n) is 2.16. The SMILES string of the molecule is COc1ccc(C(NN)C2=CCCCO2)c(OC)c1. The Bertz CT molecular complexity index is 460.